The molecule has 0 spiro atoms. The third kappa shape index (κ3) is 2.66. The Morgan fingerprint density at radius 3 is 2.37 bits per heavy atom. The summed E-state index contributed by atoms with van der Waals surface area (Å²) in [4.78, 5) is 41.6. The third-order valence-electron chi connectivity index (χ3n) is 5.42. The van der Waals surface area contributed by atoms with Crippen molar-refractivity contribution >= 4 is 16.9 Å². The first-order valence-electron chi connectivity index (χ1n) is 8.88. The minimum absolute atomic E-state index is 0.188. The van der Waals surface area contributed by atoms with Gasteiger partial charge in [0.05, 0.1) is 10.9 Å². The Labute approximate surface area is 155 Å². The number of rotatable bonds is 3. The van der Waals surface area contributed by atoms with Crippen LogP contribution in [0, 0.1) is 0 Å². The lowest BCUT2D eigenvalue weighted by Gasteiger charge is -2.43. The number of hydrogen-bond donors (Lipinski definition) is 1. The zero-order valence-electron chi connectivity index (χ0n) is 15.2. The van der Waals surface area contributed by atoms with E-state index in [0.717, 1.165) is 29.4 Å². The van der Waals surface area contributed by atoms with E-state index in [4.69, 9.17) is 0 Å². The quantitative estimate of drug-likeness (QED) is 0.762. The molecular formula is C20H20N4O3. The Kier molecular flexibility index (Phi) is 3.95. The van der Waals surface area contributed by atoms with Crippen LogP contribution in [-0.4, -0.2) is 20.0 Å². The molecule has 0 radical (unpaired) electrons. The highest BCUT2D eigenvalue weighted by Crippen LogP contribution is 2.41. The number of carbonyl (C=O) groups excluding carboxylic acids is 1. The van der Waals surface area contributed by atoms with Gasteiger partial charge in [0.15, 0.2) is 0 Å². The highest BCUT2D eigenvalue weighted by molar-refractivity contribution is 5.95. The Morgan fingerprint density at radius 1 is 1.04 bits per heavy atom. The van der Waals surface area contributed by atoms with Crippen molar-refractivity contribution in [2.75, 3.05) is 0 Å². The molecule has 0 saturated heterocycles. The first-order valence-corrected chi connectivity index (χ1v) is 8.88. The van der Waals surface area contributed by atoms with Gasteiger partial charge in [-0.1, -0.05) is 30.3 Å². The van der Waals surface area contributed by atoms with Gasteiger partial charge in [0.25, 0.3) is 11.5 Å². The number of aryl methyl sites for hydroxylation is 1. The first kappa shape index (κ1) is 17.2. The molecule has 1 aromatic carbocycles. The van der Waals surface area contributed by atoms with Crippen LogP contribution in [0.5, 0.6) is 0 Å². The molecule has 4 rings (SSSR count). The van der Waals surface area contributed by atoms with Crippen molar-refractivity contribution in [2.24, 2.45) is 14.1 Å². The van der Waals surface area contributed by atoms with Crippen molar-refractivity contribution in [1.82, 2.24) is 19.4 Å². The van der Waals surface area contributed by atoms with Crippen molar-refractivity contribution in [3.63, 3.8) is 0 Å². The molecule has 0 aliphatic heterocycles. The molecule has 0 atom stereocenters. The molecule has 0 bridgehead atoms. The maximum atomic E-state index is 12.9. The van der Waals surface area contributed by atoms with E-state index >= 15 is 0 Å². The fourth-order valence-corrected chi connectivity index (χ4v) is 3.64. The number of pyridine rings is 1. The summed E-state index contributed by atoms with van der Waals surface area (Å²) in [6, 6.07) is 13.0. The molecule has 2 aromatic heterocycles. The lowest BCUT2D eigenvalue weighted by Crippen LogP contribution is -2.51. The molecule has 1 amide bonds. The molecular weight excluding hydrogens is 344 g/mol. The standard InChI is InChI=1S/C20H20N4O3/c1-23-16-14(18(26)24(2)19(23)27)9-10-15(21-16)17(25)22-20(11-6-12-20)13-7-4-3-5-8-13/h3-5,7-10H,6,11-12H2,1-2H3,(H,22,25). The lowest BCUT2D eigenvalue weighted by atomic mass is 9.71. The summed E-state index contributed by atoms with van der Waals surface area (Å²) in [7, 11) is 2.96. The molecule has 138 valence electrons. The molecule has 3 aromatic rings. The second-order valence-electron chi connectivity index (χ2n) is 7.03. The molecule has 27 heavy (non-hydrogen) atoms. The van der Waals surface area contributed by atoms with Gasteiger partial charge in [0.1, 0.15) is 11.3 Å². The first-order chi connectivity index (χ1) is 12.9. The summed E-state index contributed by atoms with van der Waals surface area (Å²) < 4.78 is 2.31. The number of aromatic nitrogens is 3. The van der Waals surface area contributed by atoms with E-state index in [2.05, 4.69) is 10.3 Å². The fraction of sp³-hybridized carbons (Fsp3) is 0.300. The maximum Gasteiger partial charge on any atom is 0.332 e. The van der Waals surface area contributed by atoms with Crippen molar-refractivity contribution in [2.45, 2.75) is 24.8 Å². The highest BCUT2D eigenvalue weighted by Gasteiger charge is 2.40. The number of benzene rings is 1. The largest absolute Gasteiger partial charge is 0.341 e. The molecule has 2 heterocycles. The number of nitrogens with one attached hydrogen (secondary N) is 1. The van der Waals surface area contributed by atoms with E-state index in [9.17, 15) is 14.4 Å². The Hall–Kier alpha value is -3.22. The summed E-state index contributed by atoms with van der Waals surface area (Å²) in [6.07, 6.45) is 2.79. The molecule has 7 heteroatoms. The fourth-order valence-electron chi connectivity index (χ4n) is 3.64. The van der Waals surface area contributed by atoms with Crippen LogP contribution in [-0.2, 0) is 19.6 Å². The van der Waals surface area contributed by atoms with Crippen LogP contribution in [0.25, 0.3) is 11.0 Å². The Balaban J connectivity index is 1.73. The van der Waals surface area contributed by atoms with Gasteiger partial charge in [-0.2, -0.15) is 0 Å². The number of fused-ring (bicyclic) bond motifs is 1. The van der Waals surface area contributed by atoms with Crippen LogP contribution in [0.1, 0.15) is 35.3 Å². The van der Waals surface area contributed by atoms with Gasteiger partial charge in [-0.3, -0.25) is 18.7 Å². The van der Waals surface area contributed by atoms with Crippen LogP contribution in [0.3, 0.4) is 0 Å². The summed E-state index contributed by atoms with van der Waals surface area (Å²) in [5, 5.41) is 3.42. The average molecular weight is 364 g/mol. The Morgan fingerprint density at radius 2 is 1.74 bits per heavy atom. The van der Waals surface area contributed by atoms with Gasteiger partial charge in [-0.25, -0.2) is 9.78 Å². The zero-order chi connectivity index (χ0) is 19.2. The highest BCUT2D eigenvalue weighted by atomic mass is 16.2. The Bertz CT molecular complexity index is 1160. The topological polar surface area (TPSA) is 86.0 Å². The lowest BCUT2D eigenvalue weighted by molar-refractivity contribution is 0.0818. The van der Waals surface area contributed by atoms with Crippen LogP contribution < -0.4 is 16.6 Å². The molecule has 1 N–H and O–H groups in total. The van der Waals surface area contributed by atoms with Crippen molar-refractivity contribution in [3.05, 3.63) is 74.6 Å². The van der Waals surface area contributed by atoms with E-state index < -0.39 is 11.2 Å². The van der Waals surface area contributed by atoms with Crippen LogP contribution in [0.2, 0.25) is 0 Å². The monoisotopic (exact) mass is 364 g/mol. The summed E-state index contributed by atoms with van der Waals surface area (Å²) in [6.45, 7) is 0. The van der Waals surface area contributed by atoms with Crippen molar-refractivity contribution < 1.29 is 4.79 Å². The maximum absolute atomic E-state index is 12.9. The number of carbonyl (C=O) groups is 1. The van der Waals surface area contributed by atoms with Gasteiger partial charge >= 0.3 is 5.69 Å². The smallest absolute Gasteiger partial charge is 0.332 e. The van der Waals surface area contributed by atoms with Gasteiger partial charge < -0.3 is 5.32 Å². The zero-order valence-corrected chi connectivity index (χ0v) is 15.2. The molecule has 1 aliphatic rings. The number of amides is 1. The van der Waals surface area contributed by atoms with Gasteiger partial charge in [0.2, 0.25) is 0 Å². The number of nitrogens with zero attached hydrogens (tertiary/aromatic N) is 3. The van der Waals surface area contributed by atoms with E-state index in [0.29, 0.717) is 5.39 Å². The van der Waals surface area contributed by atoms with Gasteiger partial charge in [-0.15, -0.1) is 0 Å². The molecule has 7 nitrogen and oxygen atoms in total. The minimum atomic E-state index is -0.475. The van der Waals surface area contributed by atoms with Crippen LogP contribution in [0.15, 0.2) is 52.1 Å². The van der Waals surface area contributed by atoms with Gasteiger partial charge in [0, 0.05) is 14.1 Å². The molecule has 1 fully saturated rings. The van der Waals surface area contributed by atoms with E-state index in [1.54, 1.807) is 6.07 Å². The normalized spacial score (nSPS) is 15.3. The van der Waals surface area contributed by atoms with Crippen LogP contribution in [0.4, 0.5) is 0 Å². The van der Waals surface area contributed by atoms with E-state index in [-0.39, 0.29) is 22.8 Å². The van der Waals surface area contributed by atoms with Crippen molar-refractivity contribution in [1.29, 1.82) is 0 Å². The second-order valence-corrected chi connectivity index (χ2v) is 7.03. The second kappa shape index (κ2) is 6.19. The number of hydrogen-bond acceptors (Lipinski definition) is 4. The minimum Gasteiger partial charge on any atom is -0.341 e. The van der Waals surface area contributed by atoms with Crippen molar-refractivity contribution in [3.8, 4) is 0 Å². The van der Waals surface area contributed by atoms with E-state index in [1.165, 1.54) is 24.7 Å². The SMILES string of the molecule is Cn1c(=O)c2ccc(C(=O)NC3(c4ccccc4)CCC3)nc2n(C)c1=O. The molecule has 0 unspecified atom stereocenters. The predicted molar refractivity (Wildman–Crippen MR) is 102 cm³/mol. The summed E-state index contributed by atoms with van der Waals surface area (Å²) in [5.74, 6) is -0.312. The van der Waals surface area contributed by atoms with Crippen LogP contribution >= 0.6 is 0 Å². The van der Waals surface area contributed by atoms with Gasteiger partial charge in [-0.05, 0) is 37.0 Å². The summed E-state index contributed by atoms with van der Waals surface area (Å²) >= 11 is 0. The summed E-state index contributed by atoms with van der Waals surface area (Å²) in [5.41, 5.74) is 0.190. The predicted octanol–water partition coefficient (Wildman–Crippen LogP) is 1.44. The third-order valence-corrected chi connectivity index (χ3v) is 5.42. The average Bonchev–Trinajstić information content (AvgIpc) is 2.67. The van der Waals surface area contributed by atoms with E-state index in [1.807, 2.05) is 30.3 Å². The molecule has 1 saturated carbocycles. The molecule has 1 aliphatic carbocycles.